The van der Waals surface area contributed by atoms with E-state index >= 15 is 0 Å². The Kier molecular flexibility index (Phi) is 4.23. The number of sulfonamides is 1. The van der Waals surface area contributed by atoms with Crippen molar-refractivity contribution in [3.8, 4) is 11.3 Å². The molecule has 3 aromatic heterocycles. The zero-order chi connectivity index (χ0) is 20.1. The molecule has 0 fully saturated rings. The van der Waals surface area contributed by atoms with Crippen molar-refractivity contribution in [2.24, 2.45) is 7.05 Å². The normalized spacial score (nSPS) is 11.9. The molecule has 0 saturated carbocycles. The zero-order valence-electron chi connectivity index (χ0n) is 16.1. The summed E-state index contributed by atoms with van der Waals surface area (Å²) in [5.41, 5.74) is 4.84. The number of para-hydroxylation sites is 1. The number of aryl methyl sites for hydroxylation is 3. The number of nitrogens with one attached hydrogen (secondary N) is 1. The monoisotopic (exact) mass is 395 g/mol. The summed E-state index contributed by atoms with van der Waals surface area (Å²) in [7, 11) is -2.06. The number of hydrogen-bond acceptors (Lipinski definition) is 4. The average molecular weight is 395 g/mol. The molecule has 144 valence electrons. The standard InChI is InChI=1S/C20H21N5O2S/c1-13-8-7-11-25-12-18(21-20(13)25)16-9-5-6-10-17(16)23-28(26,27)19-14(2)22-24(4)15(19)3/h5-12,23H,1-4H3. The molecule has 4 rings (SSSR count). The van der Waals surface area contributed by atoms with Gasteiger partial charge in [0.05, 0.1) is 22.8 Å². The van der Waals surface area contributed by atoms with Crippen LogP contribution in [0.3, 0.4) is 0 Å². The van der Waals surface area contributed by atoms with Crippen molar-refractivity contribution in [2.75, 3.05) is 4.72 Å². The topological polar surface area (TPSA) is 81.3 Å². The van der Waals surface area contributed by atoms with E-state index in [1.165, 1.54) is 0 Å². The van der Waals surface area contributed by atoms with Gasteiger partial charge in [-0.3, -0.25) is 9.40 Å². The molecule has 0 aliphatic carbocycles. The molecular formula is C20H21N5O2S. The molecule has 0 spiro atoms. The molecule has 0 amide bonds. The third kappa shape index (κ3) is 2.95. The first-order valence-corrected chi connectivity index (χ1v) is 10.3. The molecule has 4 aromatic rings. The maximum atomic E-state index is 13.1. The van der Waals surface area contributed by atoms with Crippen LogP contribution in [0.5, 0.6) is 0 Å². The maximum Gasteiger partial charge on any atom is 0.265 e. The number of fused-ring (bicyclic) bond motifs is 1. The van der Waals surface area contributed by atoms with Crippen LogP contribution in [-0.2, 0) is 17.1 Å². The molecule has 8 heteroatoms. The Morgan fingerprint density at radius 3 is 2.46 bits per heavy atom. The van der Waals surface area contributed by atoms with Crippen LogP contribution in [0.4, 0.5) is 5.69 Å². The maximum absolute atomic E-state index is 13.1. The van der Waals surface area contributed by atoms with Crippen molar-refractivity contribution < 1.29 is 8.42 Å². The summed E-state index contributed by atoms with van der Waals surface area (Å²) in [6.45, 7) is 5.43. The molecule has 0 bridgehead atoms. The highest BCUT2D eigenvalue weighted by molar-refractivity contribution is 7.92. The quantitative estimate of drug-likeness (QED) is 0.574. The predicted molar refractivity (Wildman–Crippen MR) is 109 cm³/mol. The van der Waals surface area contributed by atoms with Crippen LogP contribution < -0.4 is 4.72 Å². The number of rotatable bonds is 4. The number of aromatic nitrogens is 4. The van der Waals surface area contributed by atoms with Crippen molar-refractivity contribution in [1.29, 1.82) is 0 Å². The SMILES string of the molecule is Cc1nn(C)c(C)c1S(=O)(=O)Nc1ccccc1-c1cn2cccc(C)c2n1. The van der Waals surface area contributed by atoms with Crippen LogP contribution in [-0.4, -0.2) is 27.6 Å². The van der Waals surface area contributed by atoms with Gasteiger partial charge < -0.3 is 4.40 Å². The lowest BCUT2D eigenvalue weighted by atomic mass is 10.1. The van der Waals surface area contributed by atoms with Crippen LogP contribution >= 0.6 is 0 Å². The summed E-state index contributed by atoms with van der Waals surface area (Å²) < 4.78 is 32.4. The van der Waals surface area contributed by atoms with Crippen molar-refractivity contribution in [1.82, 2.24) is 19.2 Å². The lowest BCUT2D eigenvalue weighted by Gasteiger charge is -2.11. The summed E-state index contributed by atoms with van der Waals surface area (Å²) in [5.74, 6) is 0. The van der Waals surface area contributed by atoms with Crippen molar-refractivity contribution in [3.05, 3.63) is 65.7 Å². The van der Waals surface area contributed by atoms with Crippen molar-refractivity contribution in [3.63, 3.8) is 0 Å². The van der Waals surface area contributed by atoms with Gasteiger partial charge in [-0.05, 0) is 38.5 Å². The highest BCUT2D eigenvalue weighted by Crippen LogP contribution is 2.30. The number of imidazole rings is 1. The van der Waals surface area contributed by atoms with E-state index in [-0.39, 0.29) is 4.90 Å². The fraction of sp³-hybridized carbons (Fsp3) is 0.200. The van der Waals surface area contributed by atoms with Crippen LogP contribution in [0.15, 0.2) is 53.7 Å². The average Bonchev–Trinajstić information content (AvgIpc) is 3.17. The molecule has 0 atom stereocenters. The highest BCUT2D eigenvalue weighted by atomic mass is 32.2. The molecule has 1 N–H and O–H groups in total. The van der Waals surface area contributed by atoms with E-state index in [2.05, 4.69) is 9.82 Å². The van der Waals surface area contributed by atoms with Gasteiger partial charge in [0.25, 0.3) is 10.0 Å². The third-order valence-corrected chi connectivity index (χ3v) is 6.45. The molecule has 7 nitrogen and oxygen atoms in total. The molecule has 28 heavy (non-hydrogen) atoms. The van der Waals surface area contributed by atoms with Crippen molar-refractivity contribution >= 4 is 21.4 Å². The van der Waals surface area contributed by atoms with Gasteiger partial charge in [0.1, 0.15) is 10.5 Å². The van der Waals surface area contributed by atoms with Gasteiger partial charge in [0, 0.05) is 25.0 Å². The molecule has 0 unspecified atom stereocenters. The van der Waals surface area contributed by atoms with Gasteiger partial charge in [-0.25, -0.2) is 13.4 Å². The van der Waals surface area contributed by atoms with Gasteiger partial charge in [-0.15, -0.1) is 0 Å². The van der Waals surface area contributed by atoms with E-state index in [1.54, 1.807) is 37.7 Å². The fourth-order valence-corrected chi connectivity index (χ4v) is 4.94. The van der Waals surface area contributed by atoms with Crippen molar-refractivity contribution in [2.45, 2.75) is 25.7 Å². The summed E-state index contributed by atoms with van der Waals surface area (Å²) >= 11 is 0. The Balaban J connectivity index is 1.81. The minimum atomic E-state index is -3.79. The Bertz CT molecular complexity index is 1300. The number of benzene rings is 1. The zero-order valence-corrected chi connectivity index (χ0v) is 16.9. The lowest BCUT2D eigenvalue weighted by Crippen LogP contribution is -2.15. The minimum Gasteiger partial charge on any atom is -0.306 e. The Hall–Kier alpha value is -3.13. The third-order valence-electron chi connectivity index (χ3n) is 4.84. The van der Waals surface area contributed by atoms with E-state index in [0.717, 1.165) is 11.2 Å². The summed E-state index contributed by atoms with van der Waals surface area (Å²) in [6, 6.07) is 11.2. The molecule has 0 radical (unpaired) electrons. The molecule has 3 heterocycles. The first-order chi connectivity index (χ1) is 13.3. The number of pyridine rings is 1. The largest absolute Gasteiger partial charge is 0.306 e. The predicted octanol–water partition coefficient (Wildman–Crippen LogP) is 3.46. The summed E-state index contributed by atoms with van der Waals surface area (Å²) in [5, 5.41) is 4.22. The Morgan fingerprint density at radius 1 is 1.04 bits per heavy atom. The summed E-state index contributed by atoms with van der Waals surface area (Å²) in [6.07, 6.45) is 3.82. The molecule has 1 aromatic carbocycles. The first-order valence-electron chi connectivity index (χ1n) is 8.84. The fourth-order valence-electron chi connectivity index (χ4n) is 3.42. The molecule has 0 aliphatic rings. The van der Waals surface area contributed by atoms with E-state index < -0.39 is 10.0 Å². The van der Waals surface area contributed by atoms with Gasteiger partial charge in [-0.1, -0.05) is 24.3 Å². The molecular weight excluding hydrogens is 374 g/mol. The number of anilines is 1. The number of hydrogen-bond donors (Lipinski definition) is 1. The lowest BCUT2D eigenvalue weighted by molar-refractivity contribution is 0.599. The number of nitrogens with zero attached hydrogens (tertiary/aromatic N) is 4. The van der Waals surface area contributed by atoms with E-state index in [9.17, 15) is 8.42 Å². The second-order valence-electron chi connectivity index (χ2n) is 6.82. The highest BCUT2D eigenvalue weighted by Gasteiger charge is 2.25. The van der Waals surface area contributed by atoms with E-state index in [1.807, 2.05) is 48.0 Å². The molecule has 0 aliphatic heterocycles. The van der Waals surface area contributed by atoms with Gasteiger partial charge >= 0.3 is 0 Å². The van der Waals surface area contributed by atoms with Gasteiger partial charge in [0.2, 0.25) is 0 Å². The molecule has 0 saturated heterocycles. The van der Waals surface area contributed by atoms with Crippen LogP contribution in [0, 0.1) is 20.8 Å². The Labute approximate surface area is 163 Å². The van der Waals surface area contributed by atoms with Crippen LogP contribution in [0.25, 0.3) is 16.9 Å². The second kappa shape index (κ2) is 6.49. The van der Waals surface area contributed by atoms with E-state index in [4.69, 9.17) is 4.98 Å². The first kappa shape index (κ1) is 18.2. The van der Waals surface area contributed by atoms with Gasteiger partial charge in [0.15, 0.2) is 0 Å². The summed E-state index contributed by atoms with van der Waals surface area (Å²) in [4.78, 5) is 4.90. The Morgan fingerprint density at radius 2 is 1.79 bits per heavy atom. The second-order valence-corrected chi connectivity index (χ2v) is 8.44. The van der Waals surface area contributed by atoms with Crippen LogP contribution in [0.1, 0.15) is 17.0 Å². The van der Waals surface area contributed by atoms with Crippen LogP contribution in [0.2, 0.25) is 0 Å². The minimum absolute atomic E-state index is 0.204. The van der Waals surface area contributed by atoms with E-state index in [0.29, 0.717) is 28.3 Å². The smallest absolute Gasteiger partial charge is 0.265 e. The van der Waals surface area contributed by atoms with Gasteiger partial charge in [-0.2, -0.15) is 5.10 Å².